The fourth-order valence-electron chi connectivity index (χ4n) is 4.79. The molecule has 1 aromatic heterocycles. The van der Waals surface area contributed by atoms with Gasteiger partial charge in [-0.2, -0.15) is 5.10 Å². The number of hydrogen-bond acceptors (Lipinski definition) is 5. The molecule has 0 radical (unpaired) electrons. The first-order valence-corrected chi connectivity index (χ1v) is 12.4. The number of fused-ring (bicyclic) bond motifs is 1. The van der Waals surface area contributed by atoms with Gasteiger partial charge in [-0.1, -0.05) is 37.8 Å². The maximum Gasteiger partial charge on any atom is 0.272 e. The Bertz CT molecular complexity index is 1090. The van der Waals surface area contributed by atoms with Crippen molar-refractivity contribution in [1.29, 1.82) is 0 Å². The van der Waals surface area contributed by atoms with Crippen LogP contribution in [0.3, 0.4) is 0 Å². The van der Waals surface area contributed by atoms with Crippen LogP contribution in [0.25, 0.3) is 0 Å². The highest BCUT2D eigenvalue weighted by Gasteiger charge is 2.46. The number of anilines is 1. The van der Waals surface area contributed by atoms with Crippen molar-refractivity contribution in [3.63, 3.8) is 0 Å². The number of nitrogens with zero attached hydrogens (tertiary/aromatic N) is 4. The lowest BCUT2D eigenvalue weighted by Gasteiger charge is -2.41. The monoisotopic (exact) mass is 480 g/mol. The smallest absolute Gasteiger partial charge is 0.272 e. The minimum atomic E-state index is -1.08. The summed E-state index contributed by atoms with van der Waals surface area (Å²) in [6, 6.07) is 9.55. The average molecular weight is 481 g/mol. The zero-order chi connectivity index (χ0) is 25.2. The number of benzene rings is 1. The van der Waals surface area contributed by atoms with Crippen LogP contribution in [0.2, 0.25) is 0 Å². The summed E-state index contributed by atoms with van der Waals surface area (Å²) in [5.74, 6) is -0.849. The van der Waals surface area contributed by atoms with E-state index in [-0.39, 0.29) is 36.0 Å². The Morgan fingerprint density at radius 2 is 1.77 bits per heavy atom. The van der Waals surface area contributed by atoms with Crippen LogP contribution in [0.1, 0.15) is 72.0 Å². The van der Waals surface area contributed by atoms with Crippen LogP contribution in [0.5, 0.6) is 0 Å². The highest BCUT2D eigenvalue weighted by atomic mass is 16.2. The summed E-state index contributed by atoms with van der Waals surface area (Å²) in [4.78, 5) is 42.7. The Morgan fingerprint density at radius 3 is 2.40 bits per heavy atom. The number of hydrogen-bond donors (Lipinski definition) is 2. The number of nitrogens with one attached hydrogen (secondary N) is 2. The van der Waals surface area contributed by atoms with Crippen molar-refractivity contribution >= 4 is 23.4 Å². The van der Waals surface area contributed by atoms with Crippen LogP contribution < -0.4 is 15.5 Å². The maximum absolute atomic E-state index is 13.3. The Morgan fingerprint density at radius 1 is 1.11 bits per heavy atom. The van der Waals surface area contributed by atoms with Crippen molar-refractivity contribution in [2.75, 3.05) is 26.0 Å². The molecule has 1 aliphatic heterocycles. The lowest BCUT2D eigenvalue weighted by atomic mass is 9.95. The number of aromatic nitrogens is 2. The van der Waals surface area contributed by atoms with E-state index in [0.717, 1.165) is 36.9 Å². The lowest BCUT2D eigenvalue weighted by molar-refractivity contribution is -0.133. The maximum atomic E-state index is 13.3. The first-order valence-electron chi connectivity index (χ1n) is 12.4. The second-order valence-electron chi connectivity index (χ2n) is 10.1. The summed E-state index contributed by atoms with van der Waals surface area (Å²) in [5.41, 5.74) is 1.44. The molecule has 3 amide bonds. The van der Waals surface area contributed by atoms with Gasteiger partial charge >= 0.3 is 0 Å². The van der Waals surface area contributed by atoms with E-state index >= 15 is 0 Å². The van der Waals surface area contributed by atoms with E-state index in [2.05, 4.69) is 15.7 Å². The molecule has 1 aliphatic carbocycles. The summed E-state index contributed by atoms with van der Waals surface area (Å²) < 4.78 is 1.50. The van der Waals surface area contributed by atoms with Crippen molar-refractivity contribution in [2.45, 2.75) is 70.1 Å². The molecule has 35 heavy (non-hydrogen) atoms. The molecule has 2 N–H and O–H groups in total. The number of rotatable bonds is 6. The van der Waals surface area contributed by atoms with Gasteiger partial charge in [-0.05, 0) is 37.5 Å². The molecule has 0 spiro atoms. The van der Waals surface area contributed by atoms with Gasteiger partial charge in [0.15, 0.2) is 5.69 Å². The summed E-state index contributed by atoms with van der Waals surface area (Å²) >= 11 is 0. The van der Waals surface area contributed by atoms with Gasteiger partial charge in [0.1, 0.15) is 11.2 Å². The van der Waals surface area contributed by atoms with Crippen molar-refractivity contribution in [1.82, 2.24) is 25.3 Å². The lowest BCUT2D eigenvalue weighted by Crippen LogP contribution is -2.63. The van der Waals surface area contributed by atoms with E-state index in [9.17, 15) is 14.4 Å². The van der Waals surface area contributed by atoms with Crippen LogP contribution in [-0.4, -0.2) is 65.1 Å². The molecule has 2 aromatic rings. The Balaban J connectivity index is 1.44. The summed E-state index contributed by atoms with van der Waals surface area (Å²) in [6.07, 6.45) is 6.55. The number of amides is 3. The number of carbonyl (C=O) groups is 3. The van der Waals surface area contributed by atoms with Crippen molar-refractivity contribution < 1.29 is 14.4 Å². The fourth-order valence-corrected chi connectivity index (χ4v) is 4.79. The second kappa shape index (κ2) is 10.1. The molecule has 4 rings (SSSR count). The van der Waals surface area contributed by atoms with E-state index in [4.69, 9.17) is 0 Å². The number of likely N-dealkylation sites (N-methyl/N-ethyl adjacent to an activating group) is 1. The predicted octanol–water partition coefficient (Wildman–Crippen LogP) is 2.56. The molecule has 188 valence electrons. The van der Waals surface area contributed by atoms with Gasteiger partial charge in [0.05, 0.1) is 6.54 Å². The third kappa shape index (κ3) is 5.18. The summed E-state index contributed by atoms with van der Waals surface area (Å²) in [6.45, 7) is 2.31. The molecule has 2 aliphatic rings. The Kier molecular flexibility index (Phi) is 7.14. The molecule has 0 unspecified atom stereocenters. The van der Waals surface area contributed by atoms with Crippen LogP contribution in [-0.2, 0) is 17.9 Å². The van der Waals surface area contributed by atoms with Gasteiger partial charge in [-0.3, -0.25) is 19.1 Å². The molecule has 9 heteroatoms. The molecule has 9 nitrogen and oxygen atoms in total. The highest BCUT2D eigenvalue weighted by Crippen LogP contribution is 2.27. The van der Waals surface area contributed by atoms with Gasteiger partial charge in [0, 0.05) is 45.5 Å². The molecule has 1 fully saturated rings. The van der Waals surface area contributed by atoms with Crippen LogP contribution in [0, 0.1) is 0 Å². The van der Waals surface area contributed by atoms with Crippen LogP contribution in [0.15, 0.2) is 30.3 Å². The van der Waals surface area contributed by atoms with Gasteiger partial charge in [0.25, 0.3) is 11.8 Å². The first kappa shape index (κ1) is 24.8. The van der Waals surface area contributed by atoms with Gasteiger partial charge in [-0.25, -0.2) is 0 Å². The van der Waals surface area contributed by atoms with E-state index in [1.54, 1.807) is 14.0 Å². The second-order valence-corrected chi connectivity index (χ2v) is 10.1. The van der Waals surface area contributed by atoms with E-state index in [1.165, 1.54) is 28.5 Å². The molecule has 1 atom stereocenters. The normalized spacial score (nSPS) is 20.7. The molecule has 0 bridgehead atoms. The van der Waals surface area contributed by atoms with E-state index in [1.807, 2.05) is 43.3 Å². The Labute approximate surface area is 206 Å². The molecular formula is C26H36N6O3. The zero-order valence-corrected chi connectivity index (χ0v) is 21.1. The standard InChI is InChI=1S/C26H36N6O3/c1-26(25(35)28-19-9-7-5-6-8-10-19)17-32-22(24(34)31(26)4)15-21(29-32)23(33)27-16-18-11-13-20(14-12-18)30(2)3/h11-15,19H,5-10,16-17H2,1-4H3,(H,27,33)(H,28,35)/t26-/m1/s1. The zero-order valence-electron chi connectivity index (χ0n) is 21.1. The van der Waals surface area contributed by atoms with Gasteiger partial charge < -0.3 is 20.4 Å². The molecule has 2 heterocycles. The third-order valence-corrected chi connectivity index (χ3v) is 7.32. The van der Waals surface area contributed by atoms with E-state index in [0.29, 0.717) is 12.2 Å². The topological polar surface area (TPSA) is 99.6 Å². The Hall–Kier alpha value is -3.36. The molecule has 0 saturated heterocycles. The molecular weight excluding hydrogens is 444 g/mol. The highest BCUT2D eigenvalue weighted by molar-refractivity contribution is 6.01. The summed E-state index contributed by atoms with van der Waals surface area (Å²) in [7, 11) is 5.59. The van der Waals surface area contributed by atoms with Gasteiger partial charge in [0.2, 0.25) is 5.91 Å². The molecule has 1 aromatic carbocycles. The molecule has 1 saturated carbocycles. The number of carbonyl (C=O) groups excluding carboxylic acids is 3. The van der Waals surface area contributed by atoms with Crippen molar-refractivity contribution in [2.24, 2.45) is 0 Å². The SMILES string of the molecule is CN(C)c1ccc(CNC(=O)c2cc3n(n2)C[C@](C)(C(=O)NC2CCCCCC2)N(C)C3=O)cc1. The minimum absolute atomic E-state index is 0.137. The van der Waals surface area contributed by atoms with Crippen molar-refractivity contribution in [3.8, 4) is 0 Å². The largest absolute Gasteiger partial charge is 0.378 e. The van der Waals surface area contributed by atoms with Crippen molar-refractivity contribution in [3.05, 3.63) is 47.3 Å². The van der Waals surface area contributed by atoms with Crippen LogP contribution >= 0.6 is 0 Å². The quantitative estimate of drug-likeness (QED) is 0.619. The van der Waals surface area contributed by atoms with E-state index < -0.39 is 5.54 Å². The van der Waals surface area contributed by atoms with Crippen LogP contribution in [0.4, 0.5) is 5.69 Å². The predicted molar refractivity (Wildman–Crippen MR) is 134 cm³/mol. The summed E-state index contributed by atoms with van der Waals surface area (Å²) in [5, 5.41) is 10.4. The first-order chi connectivity index (χ1) is 16.7. The average Bonchev–Trinajstić information content (AvgIpc) is 3.09. The third-order valence-electron chi connectivity index (χ3n) is 7.32. The van der Waals surface area contributed by atoms with Gasteiger partial charge in [-0.15, -0.1) is 0 Å². The minimum Gasteiger partial charge on any atom is -0.378 e. The fraction of sp³-hybridized carbons (Fsp3) is 0.538.